The average molecular weight is 278 g/mol. The van der Waals surface area contributed by atoms with Crippen molar-refractivity contribution < 1.29 is 5.11 Å². The highest BCUT2D eigenvalue weighted by Gasteiger charge is 2.07. The molecule has 2 aromatic rings. The van der Waals surface area contributed by atoms with E-state index < -0.39 is 0 Å². The fraction of sp³-hybridized carbons (Fsp3) is 0.455. The highest BCUT2D eigenvalue weighted by atomic mass is 16.3. The van der Waals surface area contributed by atoms with Crippen molar-refractivity contribution in [3.8, 4) is 5.95 Å². The first-order chi connectivity index (χ1) is 9.72. The molecule has 0 saturated carbocycles. The Kier molecular flexibility index (Phi) is 4.80. The Balaban J connectivity index is 2.10. The second-order valence-corrected chi connectivity index (χ2v) is 4.17. The molecule has 0 saturated heterocycles. The van der Waals surface area contributed by atoms with E-state index in [1.807, 2.05) is 6.92 Å². The third-order valence-electron chi connectivity index (χ3n) is 2.72. The average Bonchev–Trinajstić information content (AvgIpc) is 3.01. The monoisotopic (exact) mass is 278 g/mol. The lowest BCUT2D eigenvalue weighted by atomic mass is 10.2. The highest BCUT2D eigenvalue weighted by molar-refractivity contribution is 5.37. The van der Waals surface area contributed by atoms with Crippen molar-refractivity contribution in [2.45, 2.75) is 25.9 Å². The molecule has 2 aromatic heterocycles. The zero-order chi connectivity index (χ0) is 14.4. The molecule has 0 aliphatic rings. The number of nitrogens with one attached hydrogen (secondary N) is 2. The van der Waals surface area contributed by atoms with Gasteiger partial charge in [-0.15, -0.1) is 0 Å². The summed E-state index contributed by atoms with van der Waals surface area (Å²) in [7, 11) is 0. The second kappa shape index (κ2) is 6.78. The summed E-state index contributed by atoms with van der Waals surface area (Å²) in [5.74, 6) is 6.39. The standard InChI is InChI=1S/C11H18N8O/c1-2-8(20)3-4-14-9-15-10(18-12)17-11(16-9)19-6-5-13-7-19/h5-8,20H,2-4,12H2,1H3,(H2,14,15,16,17,18). The van der Waals surface area contributed by atoms with Gasteiger partial charge < -0.3 is 10.4 Å². The number of rotatable bonds is 7. The molecule has 0 fully saturated rings. The second-order valence-electron chi connectivity index (χ2n) is 4.17. The van der Waals surface area contributed by atoms with E-state index in [-0.39, 0.29) is 12.1 Å². The Labute approximate surface area is 116 Å². The number of imidazole rings is 1. The molecule has 9 nitrogen and oxygen atoms in total. The van der Waals surface area contributed by atoms with Gasteiger partial charge in [-0.2, -0.15) is 15.0 Å². The van der Waals surface area contributed by atoms with Crippen LogP contribution in [-0.2, 0) is 0 Å². The number of nitrogen functional groups attached to an aromatic ring is 1. The number of nitrogens with zero attached hydrogens (tertiary/aromatic N) is 5. The smallest absolute Gasteiger partial charge is 0.243 e. The first-order valence-electron chi connectivity index (χ1n) is 6.36. The molecule has 0 bridgehead atoms. The van der Waals surface area contributed by atoms with Crippen molar-refractivity contribution >= 4 is 11.9 Å². The number of hydrogen-bond acceptors (Lipinski definition) is 8. The van der Waals surface area contributed by atoms with Gasteiger partial charge in [0.15, 0.2) is 0 Å². The fourth-order valence-electron chi connectivity index (χ4n) is 1.56. The number of aromatic nitrogens is 5. The molecule has 1 unspecified atom stereocenters. The fourth-order valence-corrected chi connectivity index (χ4v) is 1.56. The van der Waals surface area contributed by atoms with Gasteiger partial charge in [0.05, 0.1) is 6.10 Å². The molecule has 1 atom stereocenters. The molecule has 20 heavy (non-hydrogen) atoms. The van der Waals surface area contributed by atoms with Crippen molar-refractivity contribution in [1.29, 1.82) is 0 Å². The van der Waals surface area contributed by atoms with Crippen molar-refractivity contribution in [2.75, 3.05) is 17.3 Å². The number of hydrazine groups is 1. The van der Waals surface area contributed by atoms with Crippen LogP contribution in [0.5, 0.6) is 0 Å². The number of hydrogen-bond donors (Lipinski definition) is 4. The molecular weight excluding hydrogens is 260 g/mol. The Morgan fingerprint density at radius 2 is 2.15 bits per heavy atom. The minimum atomic E-state index is -0.329. The van der Waals surface area contributed by atoms with E-state index in [9.17, 15) is 5.11 Å². The number of anilines is 2. The molecule has 0 spiro atoms. The maximum atomic E-state index is 9.50. The molecular formula is C11H18N8O. The van der Waals surface area contributed by atoms with E-state index >= 15 is 0 Å². The molecule has 2 heterocycles. The van der Waals surface area contributed by atoms with E-state index in [1.165, 1.54) is 0 Å². The van der Waals surface area contributed by atoms with Gasteiger partial charge in [0.25, 0.3) is 0 Å². The largest absolute Gasteiger partial charge is 0.393 e. The highest BCUT2D eigenvalue weighted by Crippen LogP contribution is 2.08. The van der Waals surface area contributed by atoms with Gasteiger partial charge in [-0.1, -0.05) is 6.92 Å². The van der Waals surface area contributed by atoms with Crippen LogP contribution in [0, 0.1) is 0 Å². The van der Waals surface area contributed by atoms with Gasteiger partial charge in [0, 0.05) is 18.9 Å². The molecule has 9 heteroatoms. The summed E-state index contributed by atoms with van der Waals surface area (Å²) in [5, 5.41) is 12.5. The molecule has 5 N–H and O–H groups in total. The summed E-state index contributed by atoms with van der Waals surface area (Å²) in [4.78, 5) is 16.4. The van der Waals surface area contributed by atoms with Crippen molar-refractivity contribution in [3.63, 3.8) is 0 Å². The summed E-state index contributed by atoms with van der Waals surface area (Å²) < 4.78 is 1.65. The summed E-state index contributed by atoms with van der Waals surface area (Å²) >= 11 is 0. The van der Waals surface area contributed by atoms with Crippen molar-refractivity contribution in [1.82, 2.24) is 24.5 Å². The Morgan fingerprint density at radius 3 is 2.80 bits per heavy atom. The van der Waals surface area contributed by atoms with Gasteiger partial charge in [-0.25, -0.2) is 10.8 Å². The minimum Gasteiger partial charge on any atom is -0.393 e. The maximum Gasteiger partial charge on any atom is 0.243 e. The summed E-state index contributed by atoms with van der Waals surface area (Å²) in [6, 6.07) is 0. The molecule has 0 radical (unpaired) electrons. The molecule has 108 valence electrons. The molecule has 0 amide bonds. The van der Waals surface area contributed by atoms with E-state index in [4.69, 9.17) is 5.84 Å². The predicted octanol–water partition coefficient (Wildman–Crippen LogP) is -0.0842. The number of aliphatic hydroxyl groups is 1. The summed E-state index contributed by atoms with van der Waals surface area (Å²) in [6.45, 7) is 2.49. The molecule has 2 rings (SSSR count). The van der Waals surface area contributed by atoms with Gasteiger partial charge >= 0.3 is 0 Å². The summed E-state index contributed by atoms with van der Waals surface area (Å²) in [5.41, 5.74) is 2.39. The predicted molar refractivity (Wildman–Crippen MR) is 74.2 cm³/mol. The third-order valence-corrected chi connectivity index (χ3v) is 2.72. The first kappa shape index (κ1) is 14.2. The molecule has 0 aliphatic carbocycles. The van der Waals surface area contributed by atoms with Crippen LogP contribution in [0.1, 0.15) is 19.8 Å². The van der Waals surface area contributed by atoms with Crippen LogP contribution in [0.4, 0.5) is 11.9 Å². The summed E-state index contributed by atoms with van der Waals surface area (Å²) in [6.07, 6.45) is 5.94. The van der Waals surface area contributed by atoms with E-state index in [0.717, 1.165) is 6.42 Å². The van der Waals surface area contributed by atoms with Crippen LogP contribution in [0.25, 0.3) is 5.95 Å². The first-order valence-corrected chi connectivity index (χ1v) is 6.36. The van der Waals surface area contributed by atoms with Crippen LogP contribution in [0.3, 0.4) is 0 Å². The minimum absolute atomic E-state index is 0.252. The van der Waals surface area contributed by atoms with Crippen LogP contribution >= 0.6 is 0 Å². The Bertz CT molecular complexity index is 529. The van der Waals surface area contributed by atoms with Crippen LogP contribution in [-0.4, -0.2) is 42.3 Å². The topological polar surface area (TPSA) is 127 Å². The lowest BCUT2D eigenvalue weighted by molar-refractivity contribution is 0.164. The van der Waals surface area contributed by atoms with Crippen LogP contribution < -0.4 is 16.6 Å². The zero-order valence-corrected chi connectivity index (χ0v) is 11.2. The van der Waals surface area contributed by atoms with Gasteiger partial charge in [0.2, 0.25) is 17.8 Å². The molecule has 0 aromatic carbocycles. The van der Waals surface area contributed by atoms with Gasteiger partial charge in [-0.05, 0) is 12.8 Å². The Hall–Kier alpha value is -2.26. The van der Waals surface area contributed by atoms with E-state index in [1.54, 1.807) is 23.3 Å². The number of nitrogens with two attached hydrogens (primary N) is 1. The third kappa shape index (κ3) is 3.62. The lowest BCUT2D eigenvalue weighted by Gasteiger charge is -2.10. The normalized spacial score (nSPS) is 12.2. The SMILES string of the molecule is CCC(O)CCNc1nc(NN)nc(-n2ccnc2)n1. The zero-order valence-electron chi connectivity index (χ0n) is 11.2. The van der Waals surface area contributed by atoms with Crippen molar-refractivity contribution in [2.24, 2.45) is 5.84 Å². The van der Waals surface area contributed by atoms with Gasteiger partial charge in [0.1, 0.15) is 6.33 Å². The lowest BCUT2D eigenvalue weighted by Crippen LogP contribution is -2.17. The quantitative estimate of drug-likeness (QED) is 0.409. The van der Waals surface area contributed by atoms with Crippen LogP contribution in [0.2, 0.25) is 0 Å². The van der Waals surface area contributed by atoms with E-state index in [2.05, 4.69) is 30.7 Å². The van der Waals surface area contributed by atoms with Gasteiger partial charge in [-0.3, -0.25) is 9.99 Å². The number of aliphatic hydroxyl groups excluding tert-OH is 1. The van der Waals surface area contributed by atoms with Crippen molar-refractivity contribution in [3.05, 3.63) is 18.7 Å². The Morgan fingerprint density at radius 1 is 1.35 bits per heavy atom. The molecule has 0 aliphatic heterocycles. The maximum absolute atomic E-state index is 9.50. The van der Waals surface area contributed by atoms with Crippen LogP contribution in [0.15, 0.2) is 18.7 Å². The van der Waals surface area contributed by atoms with E-state index in [0.29, 0.717) is 24.9 Å².